The first kappa shape index (κ1) is 21.6. The number of nitrogens with zero attached hydrogens (tertiary/aromatic N) is 1. The summed E-state index contributed by atoms with van der Waals surface area (Å²) in [5, 5.41) is 12.2. The first-order chi connectivity index (χ1) is 14.1. The zero-order valence-corrected chi connectivity index (χ0v) is 16.9. The summed E-state index contributed by atoms with van der Waals surface area (Å²) in [6, 6.07) is 12.7. The first-order valence-corrected chi connectivity index (χ1v) is 8.89. The number of nitriles is 1. The first-order valence-electron chi connectivity index (χ1n) is 8.89. The minimum Gasteiger partial charge on any atom is -0.497 e. The largest absolute Gasteiger partial charge is 0.497 e. The molecular weight excluding hydrogens is 372 g/mol. The maximum absolute atomic E-state index is 12.4. The molecule has 0 fully saturated rings. The summed E-state index contributed by atoms with van der Waals surface area (Å²) in [5.41, 5.74) is 1.57. The van der Waals surface area contributed by atoms with Gasteiger partial charge in [0, 0.05) is 18.2 Å². The highest BCUT2D eigenvalue weighted by Gasteiger charge is 2.12. The lowest BCUT2D eigenvalue weighted by Gasteiger charge is -2.10. The molecule has 0 unspecified atom stereocenters. The molecule has 0 spiro atoms. The van der Waals surface area contributed by atoms with E-state index in [1.165, 1.54) is 13.2 Å². The van der Waals surface area contributed by atoms with Crippen LogP contribution in [-0.2, 0) is 11.2 Å². The van der Waals surface area contributed by atoms with E-state index in [1.807, 2.05) is 24.3 Å². The molecule has 0 aliphatic rings. The van der Waals surface area contributed by atoms with E-state index in [4.69, 9.17) is 18.9 Å². The van der Waals surface area contributed by atoms with Crippen LogP contribution in [0.1, 0.15) is 11.1 Å². The summed E-state index contributed by atoms with van der Waals surface area (Å²) in [6.07, 6.45) is 2.07. The van der Waals surface area contributed by atoms with Crippen LogP contribution in [0.3, 0.4) is 0 Å². The Labute approximate surface area is 170 Å². The minimum absolute atomic E-state index is 0.0132. The lowest BCUT2D eigenvalue weighted by molar-refractivity contribution is -0.117. The highest BCUT2D eigenvalue weighted by atomic mass is 16.5. The Bertz CT molecular complexity index is 931. The topological polar surface area (TPSA) is 89.8 Å². The molecule has 0 aromatic heterocycles. The van der Waals surface area contributed by atoms with E-state index in [9.17, 15) is 10.1 Å². The van der Waals surface area contributed by atoms with E-state index in [1.54, 1.807) is 39.5 Å². The predicted molar refractivity (Wildman–Crippen MR) is 109 cm³/mol. The third kappa shape index (κ3) is 5.66. The third-order valence-electron chi connectivity index (χ3n) is 4.25. The third-order valence-corrected chi connectivity index (χ3v) is 4.25. The predicted octanol–water partition coefficient (Wildman–Crippen LogP) is 2.99. The second kappa shape index (κ2) is 10.6. The second-order valence-electron chi connectivity index (χ2n) is 5.97. The fourth-order valence-electron chi connectivity index (χ4n) is 2.69. The van der Waals surface area contributed by atoms with Crippen molar-refractivity contribution in [3.05, 3.63) is 53.1 Å². The Kier molecular flexibility index (Phi) is 7.92. The molecule has 0 aliphatic carbocycles. The molecule has 0 saturated heterocycles. The number of carbonyl (C=O) groups excluding carboxylic acids is 1. The zero-order valence-electron chi connectivity index (χ0n) is 16.9. The van der Waals surface area contributed by atoms with E-state index in [-0.39, 0.29) is 5.57 Å². The van der Waals surface area contributed by atoms with Crippen LogP contribution in [0, 0.1) is 11.3 Å². The summed E-state index contributed by atoms with van der Waals surface area (Å²) in [6.45, 7) is 0.368. The molecule has 0 aliphatic heterocycles. The number of hydrogen-bond acceptors (Lipinski definition) is 6. The number of nitrogens with one attached hydrogen (secondary N) is 1. The van der Waals surface area contributed by atoms with Crippen LogP contribution in [0.15, 0.2) is 42.0 Å². The van der Waals surface area contributed by atoms with E-state index in [0.29, 0.717) is 41.5 Å². The van der Waals surface area contributed by atoms with Gasteiger partial charge < -0.3 is 24.3 Å². The number of hydrogen-bond donors (Lipinski definition) is 1. The van der Waals surface area contributed by atoms with E-state index in [0.717, 1.165) is 5.56 Å². The van der Waals surface area contributed by atoms with Crippen molar-refractivity contribution >= 4 is 12.0 Å². The molecular formula is C22H24N2O5. The Morgan fingerprint density at radius 3 is 2.31 bits per heavy atom. The minimum atomic E-state index is -0.453. The number of benzene rings is 2. The highest BCUT2D eigenvalue weighted by molar-refractivity contribution is 6.02. The maximum Gasteiger partial charge on any atom is 0.261 e. The Balaban J connectivity index is 2.05. The summed E-state index contributed by atoms with van der Waals surface area (Å²) in [7, 11) is 6.21. The monoisotopic (exact) mass is 396 g/mol. The molecule has 0 heterocycles. The molecule has 1 N–H and O–H groups in total. The Morgan fingerprint density at radius 1 is 0.966 bits per heavy atom. The fourth-order valence-corrected chi connectivity index (χ4v) is 2.69. The van der Waals surface area contributed by atoms with E-state index < -0.39 is 5.91 Å². The Morgan fingerprint density at radius 2 is 1.69 bits per heavy atom. The van der Waals surface area contributed by atoms with Crippen molar-refractivity contribution < 1.29 is 23.7 Å². The molecule has 2 aromatic carbocycles. The van der Waals surface area contributed by atoms with Crippen molar-refractivity contribution in [1.82, 2.24) is 5.32 Å². The molecule has 2 aromatic rings. The van der Waals surface area contributed by atoms with Crippen LogP contribution in [0.5, 0.6) is 23.0 Å². The number of rotatable bonds is 9. The van der Waals surface area contributed by atoms with E-state index in [2.05, 4.69) is 5.32 Å². The number of ether oxygens (including phenoxy) is 4. The average molecular weight is 396 g/mol. The van der Waals surface area contributed by atoms with Gasteiger partial charge in [0.25, 0.3) is 5.91 Å². The Hall–Kier alpha value is -3.66. The van der Waals surface area contributed by atoms with Crippen molar-refractivity contribution in [2.75, 3.05) is 35.0 Å². The standard InChI is InChI=1S/C22H24N2O5/c1-26-18-7-6-16(20(13-18)28-3)12-17(14-23)22(25)24-10-9-15-5-8-19(27-2)21(11-15)29-4/h5-8,11-13H,9-10H2,1-4H3,(H,24,25)/b17-12+. The van der Waals surface area contributed by atoms with Gasteiger partial charge in [-0.3, -0.25) is 4.79 Å². The van der Waals surface area contributed by atoms with Crippen molar-refractivity contribution in [3.63, 3.8) is 0 Å². The van der Waals surface area contributed by atoms with Crippen molar-refractivity contribution in [2.45, 2.75) is 6.42 Å². The van der Waals surface area contributed by atoms with Gasteiger partial charge >= 0.3 is 0 Å². The molecule has 0 saturated carbocycles. The van der Waals surface area contributed by atoms with Gasteiger partial charge in [0.1, 0.15) is 23.1 Å². The summed E-state index contributed by atoms with van der Waals surface area (Å²) in [5.74, 6) is 1.95. The zero-order chi connectivity index (χ0) is 21.2. The van der Waals surface area contributed by atoms with Gasteiger partial charge in [0.2, 0.25) is 0 Å². The molecule has 2 rings (SSSR count). The van der Waals surface area contributed by atoms with Crippen molar-refractivity contribution in [1.29, 1.82) is 5.26 Å². The molecule has 0 atom stereocenters. The number of methoxy groups -OCH3 is 4. The van der Waals surface area contributed by atoms with Gasteiger partial charge in [-0.25, -0.2) is 0 Å². The van der Waals surface area contributed by atoms with Gasteiger partial charge in [0.15, 0.2) is 11.5 Å². The number of amides is 1. The smallest absolute Gasteiger partial charge is 0.261 e. The summed E-state index contributed by atoms with van der Waals surface area (Å²) >= 11 is 0. The SMILES string of the molecule is COc1ccc(/C=C(\C#N)C(=O)NCCc2ccc(OC)c(OC)c2)c(OC)c1. The van der Waals surface area contributed by atoms with Gasteiger partial charge in [-0.1, -0.05) is 6.07 Å². The molecule has 7 heteroatoms. The van der Waals surface area contributed by atoms with Gasteiger partial charge in [0.05, 0.1) is 28.4 Å². The fraction of sp³-hybridized carbons (Fsp3) is 0.273. The van der Waals surface area contributed by atoms with Crippen LogP contribution < -0.4 is 24.3 Å². The normalized spacial score (nSPS) is 10.7. The van der Waals surface area contributed by atoms with Gasteiger partial charge in [-0.05, 0) is 42.3 Å². The summed E-state index contributed by atoms with van der Waals surface area (Å²) < 4.78 is 21.0. The maximum atomic E-state index is 12.4. The lowest BCUT2D eigenvalue weighted by Crippen LogP contribution is -2.26. The lowest BCUT2D eigenvalue weighted by atomic mass is 10.1. The molecule has 0 radical (unpaired) electrons. The van der Waals surface area contributed by atoms with Crippen LogP contribution in [-0.4, -0.2) is 40.9 Å². The van der Waals surface area contributed by atoms with Gasteiger partial charge in [-0.2, -0.15) is 5.26 Å². The van der Waals surface area contributed by atoms with Crippen LogP contribution in [0.25, 0.3) is 6.08 Å². The van der Waals surface area contributed by atoms with Crippen LogP contribution in [0.2, 0.25) is 0 Å². The second-order valence-corrected chi connectivity index (χ2v) is 5.97. The van der Waals surface area contributed by atoms with Gasteiger partial charge in [-0.15, -0.1) is 0 Å². The van der Waals surface area contributed by atoms with Crippen LogP contribution in [0.4, 0.5) is 0 Å². The number of carbonyl (C=O) groups is 1. The summed E-state index contributed by atoms with van der Waals surface area (Å²) in [4.78, 5) is 12.4. The molecule has 152 valence electrons. The van der Waals surface area contributed by atoms with Crippen LogP contribution >= 0.6 is 0 Å². The molecule has 7 nitrogen and oxygen atoms in total. The van der Waals surface area contributed by atoms with E-state index >= 15 is 0 Å². The highest BCUT2D eigenvalue weighted by Crippen LogP contribution is 2.28. The van der Waals surface area contributed by atoms with Crippen molar-refractivity contribution in [2.24, 2.45) is 0 Å². The van der Waals surface area contributed by atoms with Crippen molar-refractivity contribution in [3.8, 4) is 29.1 Å². The molecule has 29 heavy (non-hydrogen) atoms. The average Bonchev–Trinajstić information content (AvgIpc) is 2.76. The molecule has 0 bridgehead atoms. The molecule has 1 amide bonds. The quantitative estimate of drug-likeness (QED) is 0.518.